The summed E-state index contributed by atoms with van der Waals surface area (Å²) in [5, 5.41) is 3.68. The first-order chi connectivity index (χ1) is 16.9. The lowest BCUT2D eigenvalue weighted by atomic mass is 9.85. The Morgan fingerprint density at radius 2 is 1.77 bits per heavy atom. The van der Waals surface area contributed by atoms with Crippen molar-refractivity contribution in [2.75, 3.05) is 37.7 Å². The third-order valence-corrected chi connectivity index (χ3v) is 7.36. The lowest BCUT2D eigenvalue weighted by Crippen LogP contribution is -2.57. The summed E-state index contributed by atoms with van der Waals surface area (Å²) in [6, 6.07) is 14.6. The normalized spacial score (nSPS) is 17.2. The molecule has 7 nitrogen and oxygen atoms in total. The molecular weight excluding hydrogens is 487 g/mol. The van der Waals surface area contributed by atoms with Crippen molar-refractivity contribution in [3.8, 4) is 0 Å². The van der Waals surface area contributed by atoms with Crippen LogP contribution >= 0.6 is 23.2 Å². The average Bonchev–Trinajstić information content (AvgIpc) is 3.11. The molecule has 2 aliphatic rings. The van der Waals surface area contributed by atoms with E-state index >= 15 is 0 Å². The average molecular weight is 517 g/mol. The molecule has 1 N–H and O–H groups in total. The Balaban J connectivity index is 1.52. The van der Waals surface area contributed by atoms with Gasteiger partial charge in [0.1, 0.15) is 12.1 Å². The summed E-state index contributed by atoms with van der Waals surface area (Å²) in [7, 11) is 0. The van der Waals surface area contributed by atoms with E-state index in [2.05, 4.69) is 17.1 Å². The fraction of sp³-hybridized carbons (Fsp3) is 0.423. The van der Waals surface area contributed by atoms with Gasteiger partial charge in [0.05, 0.1) is 17.3 Å². The van der Waals surface area contributed by atoms with Crippen LogP contribution in [0.4, 0.5) is 5.69 Å². The Labute approximate surface area is 216 Å². The van der Waals surface area contributed by atoms with Gasteiger partial charge < -0.3 is 20.0 Å². The third-order valence-electron chi connectivity index (χ3n) is 6.81. The molecule has 9 heteroatoms. The zero-order chi connectivity index (χ0) is 25.0. The molecule has 0 aliphatic carbocycles. The van der Waals surface area contributed by atoms with Crippen LogP contribution in [0.1, 0.15) is 43.0 Å². The fourth-order valence-corrected chi connectivity index (χ4v) is 5.36. The largest absolute Gasteiger partial charge is 0.355 e. The quantitative estimate of drug-likeness (QED) is 0.560. The van der Waals surface area contributed by atoms with Crippen molar-refractivity contribution in [3.63, 3.8) is 0 Å². The minimum atomic E-state index is -0.800. The van der Waals surface area contributed by atoms with Gasteiger partial charge in [-0.2, -0.15) is 0 Å². The summed E-state index contributed by atoms with van der Waals surface area (Å²) in [6.07, 6.45) is 2.82. The second-order valence-corrected chi connectivity index (χ2v) is 9.90. The third kappa shape index (κ3) is 5.26. The molecule has 3 amide bonds. The van der Waals surface area contributed by atoms with Gasteiger partial charge in [-0.25, -0.2) is 0 Å². The SMILES string of the molecule is CCCCNC(=O)CN1CN(c2ccccc2)C2(CCN(C(=O)c3ccc(Cl)cc3Cl)CC2)C1=O. The predicted molar refractivity (Wildman–Crippen MR) is 138 cm³/mol. The highest BCUT2D eigenvalue weighted by atomic mass is 35.5. The van der Waals surface area contributed by atoms with Crippen molar-refractivity contribution in [2.24, 2.45) is 0 Å². The Hall–Kier alpha value is -2.77. The number of nitrogens with one attached hydrogen (secondary N) is 1. The number of anilines is 1. The zero-order valence-electron chi connectivity index (χ0n) is 19.8. The number of unbranched alkanes of at least 4 members (excludes halogenated alkanes) is 1. The Bertz CT molecular complexity index is 1090. The second-order valence-electron chi connectivity index (χ2n) is 9.06. The number of benzene rings is 2. The molecule has 2 saturated heterocycles. The van der Waals surface area contributed by atoms with Crippen molar-refractivity contribution in [1.82, 2.24) is 15.1 Å². The van der Waals surface area contributed by atoms with Crippen molar-refractivity contribution >= 4 is 46.6 Å². The molecule has 0 unspecified atom stereocenters. The number of amides is 3. The highest BCUT2D eigenvalue weighted by Gasteiger charge is 2.54. The van der Waals surface area contributed by atoms with Crippen LogP contribution in [0.2, 0.25) is 10.0 Å². The van der Waals surface area contributed by atoms with Crippen LogP contribution in [0.5, 0.6) is 0 Å². The van der Waals surface area contributed by atoms with Gasteiger partial charge in [0.25, 0.3) is 11.8 Å². The van der Waals surface area contributed by atoms with Crippen molar-refractivity contribution in [3.05, 3.63) is 64.1 Å². The number of halogens is 2. The second kappa shape index (κ2) is 10.9. The minimum Gasteiger partial charge on any atom is -0.355 e. The van der Waals surface area contributed by atoms with E-state index in [4.69, 9.17) is 23.2 Å². The molecule has 2 aromatic carbocycles. The van der Waals surface area contributed by atoms with Crippen LogP contribution in [0.3, 0.4) is 0 Å². The maximum Gasteiger partial charge on any atom is 0.255 e. The van der Waals surface area contributed by atoms with Crippen LogP contribution in [0, 0.1) is 0 Å². The topological polar surface area (TPSA) is 73.0 Å². The van der Waals surface area contributed by atoms with Gasteiger partial charge in [-0.3, -0.25) is 14.4 Å². The molecule has 35 heavy (non-hydrogen) atoms. The van der Waals surface area contributed by atoms with Crippen molar-refractivity contribution in [2.45, 2.75) is 38.1 Å². The van der Waals surface area contributed by atoms with E-state index < -0.39 is 5.54 Å². The summed E-state index contributed by atoms with van der Waals surface area (Å²) >= 11 is 12.2. The maximum absolute atomic E-state index is 13.7. The minimum absolute atomic E-state index is 0.0245. The number of hydrogen-bond acceptors (Lipinski definition) is 4. The standard InChI is InChI=1S/C26H30Cl2N4O3/c1-2-3-13-29-23(33)17-31-18-32(20-7-5-4-6-8-20)26(25(31)35)11-14-30(15-12-26)24(34)21-10-9-19(27)16-22(21)28/h4-10,16H,2-3,11-15,17-18H2,1H3,(H,29,33). The van der Waals surface area contributed by atoms with E-state index in [0.29, 0.717) is 54.8 Å². The fourth-order valence-electron chi connectivity index (χ4n) is 4.87. The number of nitrogens with zero attached hydrogens (tertiary/aromatic N) is 3. The highest BCUT2D eigenvalue weighted by molar-refractivity contribution is 6.36. The van der Waals surface area contributed by atoms with Gasteiger partial charge in [0.15, 0.2) is 0 Å². The molecule has 1 spiro atoms. The number of para-hydroxylation sites is 1. The van der Waals surface area contributed by atoms with E-state index in [1.54, 1.807) is 28.0 Å². The summed E-state index contributed by atoms with van der Waals surface area (Å²) < 4.78 is 0. The molecule has 0 bridgehead atoms. The first-order valence-electron chi connectivity index (χ1n) is 12.0. The smallest absolute Gasteiger partial charge is 0.255 e. The first kappa shape index (κ1) is 25.3. The summed E-state index contributed by atoms with van der Waals surface area (Å²) in [6.45, 7) is 3.84. The molecule has 2 aromatic rings. The Morgan fingerprint density at radius 3 is 2.43 bits per heavy atom. The van der Waals surface area contributed by atoms with E-state index in [0.717, 1.165) is 18.5 Å². The van der Waals surface area contributed by atoms with Gasteiger partial charge in [0, 0.05) is 30.3 Å². The molecule has 0 saturated carbocycles. The van der Waals surface area contributed by atoms with E-state index in [-0.39, 0.29) is 24.3 Å². The molecule has 2 heterocycles. The van der Waals surface area contributed by atoms with Gasteiger partial charge in [-0.05, 0) is 49.6 Å². The molecule has 0 atom stereocenters. The molecular formula is C26H30Cl2N4O3. The van der Waals surface area contributed by atoms with Gasteiger partial charge in [-0.15, -0.1) is 0 Å². The van der Waals surface area contributed by atoms with Gasteiger partial charge in [0.2, 0.25) is 5.91 Å². The van der Waals surface area contributed by atoms with Crippen LogP contribution in [0.15, 0.2) is 48.5 Å². The molecule has 2 aliphatic heterocycles. The number of likely N-dealkylation sites (tertiary alicyclic amines) is 1. The monoisotopic (exact) mass is 516 g/mol. The highest BCUT2D eigenvalue weighted by Crippen LogP contribution is 2.40. The Kier molecular flexibility index (Phi) is 7.87. The first-order valence-corrected chi connectivity index (χ1v) is 12.7. The van der Waals surface area contributed by atoms with Crippen molar-refractivity contribution in [1.29, 1.82) is 0 Å². The molecule has 4 rings (SSSR count). The number of rotatable bonds is 7. The zero-order valence-corrected chi connectivity index (χ0v) is 21.3. The van der Waals surface area contributed by atoms with E-state index in [1.807, 2.05) is 30.3 Å². The lowest BCUT2D eigenvalue weighted by Gasteiger charge is -2.43. The number of carbonyl (C=O) groups is 3. The van der Waals surface area contributed by atoms with Crippen LogP contribution in [0.25, 0.3) is 0 Å². The summed E-state index contributed by atoms with van der Waals surface area (Å²) in [5.41, 5.74) is 0.524. The van der Waals surface area contributed by atoms with Crippen LogP contribution in [-0.2, 0) is 9.59 Å². The van der Waals surface area contributed by atoms with Gasteiger partial charge >= 0.3 is 0 Å². The number of piperidine rings is 1. The number of hydrogen-bond donors (Lipinski definition) is 1. The molecule has 0 radical (unpaired) electrons. The van der Waals surface area contributed by atoms with Gasteiger partial charge in [-0.1, -0.05) is 54.7 Å². The summed E-state index contributed by atoms with van der Waals surface area (Å²) in [5.74, 6) is -0.393. The molecule has 186 valence electrons. The van der Waals surface area contributed by atoms with Crippen LogP contribution in [-0.4, -0.2) is 65.9 Å². The lowest BCUT2D eigenvalue weighted by molar-refractivity contribution is -0.137. The summed E-state index contributed by atoms with van der Waals surface area (Å²) in [4.78, 5) is 44.8. The van der Waals surface area contributed by atoms with E-state index in [9.17, 15) is 14.4 Å². The maximum atomic E-state index is 13.7. The predicted octanol–water partition coefficient (Wildman–Crippen LogP) is 4.19. The Morgan fingerprint density at radius 1 is 1.06 bits per heavy atom. The van der Waals surface area contributed by atoms with Crippen molar-refractivity contribution < 1.29 is 14.4 Å². The molecule has 0 aromatic heterocycles. The van der Waals surface area contributed by atoms with E-state index in [1.165, 1.54) is 0 Å². The van der Waals surface area contributed by atoms with Crippen LogP contribution < -0.4 is 10.2 Å². The molecule has 2 fully saturated rings. The number of carbonyl (C=O) groups excluding carboxylic acids is 3.